The molecule has 1 aromatic carbocycles. The van der Waals surface area contributed by atoms with Gasteiger partial charge in [-0.15, -0.1) is 0 Å². The highest BCUT2D eigenvalue weighted by Gasteiger charge is 2.30. The second kappa shape index (κ2) is 5.31. The highest BCUT2D eigenvalue weighted by molar-refractivity contribution is 9.09. The molecule has 0 saturated heterocycles. The van der Waals surface area contributed by atoms with Crippen LogP contribution in [0.3, 0.4) is 0 Å². The lowest BCUT2D eigenvalue weighted by molar-refractivity contribution is -0.146. The van der Waals surface area contributed by atoms with E-state index in [1.807, 2.05) is 0 Å². The van der Waals surface area contributed by atoms with Crippen molar-refractivity contribution in [3.63, 3.8) is 0 Å². The number of alkyl halides is 4. The van der Waals surface area contributed by atoms with Gasteiger partial charge in [0.15, 0.2) is 5.78 Å². The van der Waals surface area contributed by atoms with Gasteiger partial charge in [-0.2, -0.15) is 13.2 Å². The van der Waals surface area contributed by atoms with Crippen molar-refractivity contribution in [1.82, 2.24) is 5.32 Å². The van der Waals surface area contributed by atoms with E-state index in [2.05, 4.69) is 15.9 Å². The number of carbonyl (C=O) groups excluding carboxylic acids is 2. The molecule has 7 heteroatoms. The summed E-state index contributed by atoms with van der Waals surface area (Å²) >= 11 is 2.96. The molecule has 0 saturated carbocycles. The Balaban J connectivity index is 2.81. The zero-order valence-electron chi connectivity index (χ0n) is 8.34. The van der Waals surface area contributed by atoms with Crippen LogP contribution in [0.4, 0.5) is 13.2 Å². The summed E-state index contributed by atoms with van der Waals surface area (Å²) in [5.41, 5.74) is 0.166. The van der Waals surface area contributed by atoms with Gasteiger partial charge in [-0.05, 0) is 12.1 Å². The average Bonchev–Trinajstić information content (AvgIpc) is 2.26. The molecule has 3 nitrogen and oxygen atoms in total. The van der Waals surface area contributed by atoms with Crippen LogP contribution >= 0.6 is 15.9 Å². The second-order valence-corrected chi connectivity index (χ2v) is 3.65. The molecule has 1 aromatic rings. The number of hydrogen-bond donors (Lipinski definition) is 1. The van der Waals surface area contributed by atoms with E-state index in [1.165, 1.54) is 12.1 Å². The van der Waals surface area contributed by atoms with E-state index in [0.29, 0.717) is 5.56 Å². The molecule has 0 aromatic heterocycles. The molecule has 0 atom stereocenters. The first-order valence-corrected chi connectivity index (χ1v) is 5.54. The molecule has 1 rings (SSSR count). The summed E-state index contributed by atoms with van der Waals surface area (Å²) in [6.07, 6.45) is -4.76. The van der Waals surface area contributed by atoms with Crippen molar-refractivity contribution in [2.45, 2.75) is 6.30 Å². The zero-order valence-corrected chi connectivity index (χ0v) is 9.93. The van der Waals surface area contributed by atoms with Crippen molar-refractivity contribution in [2.75, 3.05) is 5.33 Å². The number of rotatable bonds is 3. The van der Waals surface area contributed by atoms with Crippen molar-refractivity contribution in [2.24, 2.45) is 0 Å². The number of hydrogen-bond acceptors (Lipinski definition) is 2. The van der Waals surface area contributed by atoms with Gasteiger partial charge in [-0.3, -0.25) is 14.9 Å². The summed E-state index contributed by atoms with van der Waals surface area (Å²) in [5, 5.41) is 0.977. The van der Waals surface area contributed by atoms with Crippen LogP contribution in [-0.4, -0.2) is 23.3 Å². The third kappa shape index (κ3) is 4.18. The van der Waals surface area contributed by atoms with Gasteiger partial charge in [0.25, 0.3) is 5.91 Å². The van der Waals surface area contributed by atoms with Crippen LogP contribution in [0, 0.1) is 0 Å². The Kier molecular flexibility index (Phi) is 4.28. The van der Waals surface area contributed by atoms with E-state index in [9.17, 15) is 22.8 Å². The number of benzene rings is 1. The van der Waals surface area contributed by atoms with E-state index >= 15 is 0 Å². The van der Waals surface area contributed by atoms with Crippen LogP contribution in [0.25, 0.3) is 0 Å². The Hall–Kier alpha value is -1.37. The lowest BCUT2D eigenvalue weighted by atomic mass is 10.1. The van der Waals surface area contributed by atoms with Crippen molar-refractivity contribution < 1.29 is 22.8 Å². The predicted octanol–water partition coefficient (Wildman–Crippen LogP) is 2.51. The third-order valence-corrected chi connectivity index (χ3v) is 2.35. The maximum Gasteiger partial charge on any atom is 0.484 e. The fourth-order valence-corrected chi connectivity index (χ4v) is 1.41. The summed E-state index contributed by atoms with van der Waals surface area (Å²) in [6, 6.07) is 4.93. The molecule has 1 amide bonds. The Morgan fingerprint density at radius 1 is 1.12 bits per heavy atom. The Morgan fingerprint density at radius 3 is 2.00 bits per heavy atom. The number of halogens is 4. The maximum atomic E-state index is 11.9. The molecule has 0 unspecified atom stereocenters. The SMILES string of the molecule is O=C(CBr)c1ccc(C(=O)NC(F)(F)F)cc1. The van der Waals surface area contributed by atoms with E-state index in [4.69, 9.17) is 0 Å². The van der Waals surface area contributed by atoms with Crippen LogP contribution in [0.2, 0.25) is 0 Å². The van der Waals surface area contributed by atoms with Crippen LogP contribution in [0.5, 0.6) is 0 Å². The van der Waals surface area contributed by atoms with Crippen LogP contribution < -0.4 is 5.32 Å². The van der Waals surface area contributed by atoms with Gasteiger partial charge in [0, 0.05) is 11.1 Å². The average molecular weight is 310 g/mol. The minimum Gasteiger partial charge on any atom is -0.293 e. The number of carbonyl (C=O) groups is 2. The van der Waals surface area contributed by atoms with Gasteiger partial charge in [0.05, 0.1) is 5.33 Å². The summed E-state index contributed by atoms with van der Waals surface area (Å²) in [7, 11) is 0. The fourth-order valence-electron chi connectivity index (χ4n) is 1.09. The molecule has 92 valence electrons. The molecule has 0 aliphatic heterocycles. The summed E-state index contributed by atoms with van der Waals surface area (Å²) in [4.78, 5) is 22.3. The van der Waals surface area contributed by atoms with Crippen LogP contribution in [0.1, 0.15) is 20.7 Å². The fraction of sp³-hybridized carbons (Fsp3) is 0.200. The summed E-state index contributed by atoms with van der Waals surface area (Å²) in [5.74, 6) is -1.47. The molecule has 0 radical (unpaired) electrons. The van der Waals surface area contributed by atoms with Crippen LogP contribution in [-0.2, 0) is 0 Å². The number of Topliss-reactive ketones (excluding diaryl/α,β-unsaturated/α-hetero) is 1. The van der Waals surface area contributed by atoms with Gasteiger partial charge in [-0.25, -0.2) is 0 Å². The van der Waals surface area contributed by atoms with Crippen molar-refractivity contribution >= 4 is 27.6 Å². The second-order valence-electron chi connectivity index (χ2n) is 3.09. The Labute approximate surface area is 103 Å². The monoisotopic (exact) mass is 309 g/mol. The minimum absolute atomic E-state index is 0.112. The van der Waals surface area contributed by atoms with Gasteiger partial charge in [-0.1, -0.05) is 28.1 Å². The highest BCUT2D eigenvalue weighted by Crippen LogP contribution is 2.12. The van der Waals surface area contributed by atoms with Gasteiger partial charge >= 0.3 is 6.30 Å². The Morgan fingerprint density at radius 2 is 1.59 bits per heavy atom. The first-order valence-electron chi connectivity index (χ1n) is 4.42. The van der Waals surface area contributed by atoms with E-state index < -0.39 is 12.2 Å². The Bertz CT molecular complexity index is 428. The number of amides is 1. The molecule has 17 heavy (non-hydrogen) atoms. The molecule has 0 heterocycles. The van der Waals surface area contributed by atoms with E-state index in [1.54, 1.807) is 0 Å². The zero-order chi connectivity index (χ0) is 13.1. The summed E-state index contributed by atoms with van der Waals surface area (Å²) < 4.78 is 35.6. The first-order chi connectivity index (χ1) is 7.83. The normalized spacial score (nSPS) is 11.1. The number of ketones is 1. The maximum absolute atomic E-state index is 11.9. The summed E-state index contributed by atoms with van der Waals surface area (Å²) in [6.45, 7) is 0. The molecule has 0 aliphatic carbocycles. The minimum atomic E-state index is -4.76. The standard InChI is InChI=1S/C10H7BrF3NO2/c11-5-8(16)6-1-3-7(4-2-6)9(17)15-10(12,13)14/h1-4H,5H2,(H,15,17). The topological polar surface area (TPSA) is 46.2 Å². The van der Waals surface area contributed by atoms with Gasteiger partial charge < -0.3 is 0 Å². The molecule has 1 N–H and O–H groups in total. The molecular formula is C10H7BrF3NO2. The quantitative estimate of drug-likeness (QED) is 0.530. The molecule has 0 bridgehead atoms. The smallest absolute Gasteiger partial charge is 0.293 e. The molecule has 0 spiro atoms. The van der Waals surface area contributed by atoms with E-state index in [0.717, 1.165) is 17.4 Å². The van der Waals surface area contributed by atoms with Crippen molar-refractivity contribution in [3.05, 3.63) is 35.4 Å². The number of nitrogens with one attached hydrogen (secondary N) is 1. The predicted molar refractivity (Wildman–Crippen MR) is 58.1 cm³/mol. The lowest BCUT2D eigenvalue weighted by Crippen LogP contribution is -2.37. The molecular weight excluding hydrogens is 303 g/mol. The van der Waals surface area contributed by atoms with E-state index in [-0.39, 0.29) is 16.7 Å². The van der Waals surface area contributed by atoms with Gasteiger partial charge in [0.2, 0.25) is 0 Å². The lowest BCUT2D eigenvalue weighted by Gasteiger charge is -2.08. The van der Waals surface area contributed by atoms with Gasteiger partial charge in [0.1, 0.15) is 0 Å². The largest absolute Gasteiger partial charge is 0.484 e. The third-order valence-electron chi connectivity index (χ3n) is 1.85. The molecule has 0 fully saturated rings. The molecule has 0 aliphatic rings. The van der Waals surface area contributed by atoms with Crippen LogP contribution in [0.15, 0.2) is 24.3 Å². The first kappa shape index (κ1) is 13.7. The van der Waals surface area contributed by atoms with Crippen molar-refractivity contribution in [1.29, 1.82) is 0 Å². The highest BCUT2D eigenvalue weighted by atomic mass is 79.9. The van der Waals surface area contributed by atoms with Crippen molar-refractivity contribution in [3.8, 4) is 0 Å².